The lowest BCUT2D eigenvalue weighted by molar-refractivity contribution is 0.584. The second kappa shape index (κ2) is 3.48. The monoisotopic (exact) mass is 225 g/mol. The van der Waals surface area contributed by atoms with E-state index in [1.165, 1.54) is 11.7 Å². The van der Waals surface area contributed by atoms with Gasteiger partial charge in [-0.2, -0.15) is 0 Å². The number of anilines is 1. The van der Waals surface area contributed by atoms with Gasteiger partial charge in [0, 0.05) is 13.1 Å². The fourth-order valence-corrected chi connectivity index (χ4v) is 1.53. The van der Waals surface area contributed by atoms with E-state index < -0.39 is 17.2 Å². The van der Waals surface area contributed by atoms with Crippen molar-refractivity contribution in [3.63, 3.8) is 0 Å². The number of aromatic amines is 1. The third-order valence-corrected chi connectivity index (χ3v) is 2.27. The van der Waals surface area contributed by atoms with Gasteiger partial charge in [0.15, 0.2) is 0 Å². The maximum absolute atomic E-state index is 13.0. The van der Waals surface area contributed by atoms with Gasteiger partial charge in [0.2, 0.25) is 0 Å². The molecule has 0 saturated carbocycles. The molecule has 84 valence electrons. The molecule has 0 atom stereocenters. The van der Waals surface area contributed by atoms with E-state index in [1.54, 1.807) is 0 Å². The number of nitrogen functional groups attached to an aromatic ring is 1. The fraction of sp³-hybridized carbons (Fsp3) is 0.100. The summed E-state index contributed by atoms with van der Waals surface area (Å²) in [6.07, 6.45) is 0. The molecule has 0 spiro atoms. The minimum atomic E-state index is -0.752. The van der Waals surface area contributed by atoms with E-state index in [4.69, 9.17) is 5.73 Å². The van der Waals surface area contributed by atoms with Gasteiger partial charge in [0.05, 0.1) is 5.56 Å². The van der Waals surface area contributed by atoms with Crippen LogP contribution in [0.4, 0.5) is 14.6 Å². The highest BCUT2D eigenvalue weighted by molar-refractivity contribution is 5.73. The summed E-state index contributed by atoms with van der Waals surface area (Å²) >= 11 is 0. The van der Waals surface area contributed by atoms with Crippen LogP contribution in [0.2, 0.25) is 0 Å². The number of nitrogens with zero attached hydrogens (tertiary/aromatic N) is 1. The number of H-pyrrole nitrogens is 1. The molecular formula is C10H9F2N3O. The molecule has 0 bridgehead atoms. The lowest BCUT2D eigenvalue weighted by atomic mass is 10.1. The van der Waals surface area contributed by atoms with Crippen molar-refractivity contribution < 1.29 is 8.78 Å². The topological polar surface area (TPSA) is 63.8 Å². The first-order valence-electron chi connectivity index (χ1n) is 4.50. The van der Waals surface area contributed by atoms with Crippen molar-refractivity contribution in [3.8, 4) is 11.1 Å². The molecule has 0 fully saturated rings. The van der Waals surface area contributed by atoms with Gasteiger partial charge < -0.3 is 5.73 Å². The van der Waals surface area contributed by atoms with Crippen LogP contribution >= 0.6 is 0 Å². The van der Waals surface area contributed by atoms with Gasteiger partial charge in [0.25, 0.3) is 5.56 Å². The normalized spacial score (nSPS) is 10.7. The third-order valence-electron chi connectivity index (χ3n) is 2.27. The highest BCUT2D eigenvalue weighted by Crippen LogP contribution is 2.23. The van der Waals surface area contributed by atoms with Gasteiger partial charge in [-0.3, -0.25) is 14.6 Å². The van der Waals surface area contributed by atoms with Crippen LogP contribution in [-0.4, -0.2) is 9.78 Å². The zero-order valence-electron chi connectivity index (χ0n) is 8.42. The smallest absolute Gasteiger partial charge is 0.274 e. The third kappa shape index (κ3) is 1.58. The number of aromatic nitrogens is 2. The van der Waals surface area contributed by atoms with E-state index in [9.17, 15) is 13.6 Å². The van der Waals surface area contributed by atoms with Crippen LogP contribution in [0.3, 0.4) is 0 Å². The van der Waals surface area contributed by atoms with E-state index in [2.05, 4.69) is 5.10 Å². The number of benzene rings is 1. The van der Waals surface area contributed by atoms with Crippen LogP contribution in [0, 0.1) is 11.6 Å². The lowest BCUT2D eigenvalue weighted by Crippen LogP contribution is -2.04. The Hall–Kier alpha value is -2.11. The maximum Gasteiger partial charge on any atom is 0.274 e. The first kappa shape index (κ1) is 10.4. The molecule has 1 aromatic heterocycles. The van der Waals surface area contributed by atoms with Crippen LogP contribution < -0.4 is 11.3 Å². The molecule has 6 heteroatoms. The molecule has 0 unspecified atom stereocenters. The molecule has 1 heterocycles. The number of halogens is 2. The molecule has 0 amide bonds. The van der Waals surface area contributed by atoms with Crippen molar-refractivity contribution in [2.75, 3.05) is 5.73 Å². The Morgan fingerprint density at radius 2 is 1.81 bits per heavy atom. The van der Waals surface area contributed by atoms with Crippen molar-refractivity contribution in [3.05, 3.63) is 40.2 Å². The Labute approximate surface area is 89.3 Å². The number of nitrogens with two attached hydrogens (primary N) is 1. The molecule has 0 radical (unpaired) electrons. The van der Waals surface area contributed by atoms with Crippen LogP contribution in [0.25, 0.3) is 11.1 Å². The van der Waals surface area contributed by atoms with Crippen LogP contribution in [0.5, 0.6) is 0 Å². The summed E-state index contributed by atoms with van der Waals surface area (Å²) in [4.78, 5) is 11.5. The van der Waals surface area contributed by atoms with Crippen LogP contribution in [0.1, 0.15) is 0 Å². The van der Waals surface area contributed by atoms with Gasteiger partial charge in [-0.25, -0.2) is 8.78 Å². The van der Waals surface area contributed by atoms with Crippen molar-refractivity contribution in [1.29, 1.82) is 0 Å². The Kier molecular flexibility index (Phi) is 2.26. The fourth-order valence-electron chi connectivity index (χ4n) is 1.53. The van der Waals surface area contributed by atoms with Crippen LogP contribution in [0.15, 0.2) is 23.0 Å². The van der Waals surface area contributed by atoms with Gasteiger partial charge in [-0.15, -0.1) is 0 Å². The predicted octanol–water partition coefficient (Wildman–Crippen LogP) is 1.24. The molecular weight excluding hydrogens is 216 g/mol. The first-order chi connectivity index (χ1) is 7.49. The summed E-state index contributed by atoms with van der Waals surface area (Å²) in [5.74, 6) is -1.37. The minimum Gasteiger partial charge on any atom is -0.383 e. The summed E-state index contributed by atoms with van der Waals surface area (Å²) in [7, 11) is 1.54. The summed E-state index contributed by atoms with van der Waals surface area (Å²) in [5, 5.41) is 2.40. The van der Waals surface area contributed by atoms with Gasteiger partial charge >= 0.3 is 0 Å². The van der Waals surface area contributed by atoms with E-state index in [1.807, 2.05) is 0 Å². The van der Waals surface area contributed by atoms with Crippen molar-refractivity contribution in [2.45, 2.75) is 0 Å². The number of rotatable bonds is 1. The Bertz CT molecular complexity index is 580. The standard InChI is InChI=1S/C10H9F2N3O/c1-15-9(13)8(10(16)14-15)5-2-6(11)4-7(12)3-5/h2-4H,13H2,1H3,(H,14,16). The molecule has 3 N–H and O–H groups in total. The van der Waals surface area contributed by atoms with Crippen molar-refractivity contribution in [2.24, 2.45) is 7.05 Å². The summed E-state index contributed by atoms with van der Waals surface area (Å²) in [5.41, 5.74) is 5.33. The molecule has 0 saturated heterocycles. The first-order valence-corrected chi connectivity index (χ1v) is 4.50. The second-order valence-corrected chi connectivity index (χ2v) is 3.42. The molecule has 2 aromatic rings. The molecule has 2 rings (SSSR count). The molecule has 0 aliphatic rings. The highest BCUT2D eigenvalue weighted by Gasteiger charge is 2.13. The Balaban J connectivity index is 2.72. The van der Waals surface area contributed by atoms with E-state index in [0.29, 0.717) is 0 Å². The molecule has 1 aromatic carbocycles. The summed E-state index contributed by atoms with van der Waals surface area (Å²) in [6.45, 7) is 0. The van der Waals surface area contributed by atoms with Gasteiger partial charge in [0.1, 0.15) is 17.5 Å². The largest absolute Gasteiger partial charge is 0.383 e. The number of hydrogen-bond acceptors (Lipinski definition) is 2. The minimum absolute atomic E-state index is 0.0703. The molecule has 16 heavy (non-hydrogen) atoms. The van der Waals surface area contributed by atoms with Crippen molar-refractivity contribution in [1.82, 2.24) is 9.78 Å². The molecule has 0 aliphatic heterocycles. The maximum atomic E-state index is 13.0. The Morgan fingerprint density at radius 1 is 1.25 bits per heavy atom. The van der Waals surface area contributed by atoms with Gasteiger partial charge in [-0.05, 0) is 17.7 Å². The molecule has 0 aliphatic carbocycles. The Morgan fingerprint density at radius 3 is 2.25 bits per heavy atom. The predicted molar refractivity (Wildman–Crippen MR) is 55.8 cm³/mol. The van der Waals surface area contributed by atoms with E-state index in [0.717, 1.165) is 18.2 Å². The summed E-state index contributed by atoms with van der Waals surface area (Å²) < 4.78 is 27.3. The molecule has 4 nitrogen and oxygen atoms in total. The zero-order chi connectivity index (χ0) is 11.9. The lowest BCUT2D eigenvalue weighted by Gasteiger charge is -2.00. The number of aryl methyl sites for hydroxylation is 1. The van der Waals surface area contributed by atoms with Crippen LogP contribution in [-0.2, 0) is 7.05 Å². The van der Waals surface area contributed by atoms with E-state index >= 15 is 0 Å². The summed E-state index contributed by atoms with van der Waals surface area (Å²) in [6, 6.07) is 2.85. The van der Waals surface area contributed by atoms with Gasteiger partial charge in [-0.1, -0.05) is 0 Å². The average Bonchev–Trinajstić information content (AvgIpc) is 2.39. The highest BCUT2D eigenvalue weighted by atomic mass is 19.1. The number of hydrogen-bond donors (Lipinski definition) is 2. The van der Waals surface area contributed by atoms with E-state index in [-0.39, 0.29) is 16.9 Å². The zero-order valence-corrected chi connectivity index (χ0v) is 8.42. The van der Waals surface area contributed by atoms with Crippen molar-refractivity contribution >= 4 is 5.82 Å². The SMILES string of the molecule is Cn1[nH]c(=O)c(-c2cc(F)cc(F)c2)c1N. The average molecular weight is 225 g/mol. The number of nitrogens with one attached hydrogen (secondary N) is 1. The second-order valence-electron chi connectivity index (χ2n) is 3.42. The quantitative estimate of drug-likeness (QED) is 0.766.